The lowest BCUT2D eigenvalue weighted by atomic mass is 9.89. The van der Waals surface area contributed by atoms with Gasteiger partial charge >= 0.3 is 5.97 Å². The van der Waals surface area contributed by atoms with Gasteiger partial charge in [-0.3, -0.25) is 4.79 Å². The van der Waals surface area contributed by atoms with Crippen molar-refractivity contribution < 1.29 is 28.5 Å². The van der Waals surface area contributed by atoms with Crippen LogP contribution in [0.1, 0.15) is 71.8 Å². The fraction of sp³-hybridized carbons (Fsp3) is 0.576. The van der Waals surface area contributed by atoms with Crippen LogP contribution < -0.4 is 4.74 Å². The smallest absolute Gasteiger partial charge is 0.330 e. The molecule has 0 bridgehead atoms. The summed E-state index contributed by atoms with van der Waals surface area (Å²) in [4.78, 5) is 27.9. The Bertz CT molecular complexity index is 1190. The summed E-state index contributed by atoms with van der Waals surface area (Å²) in [7, 11) is 3.24. The first kappa shape index (κ1) is 32.6. The van der Waals surface area contributed by atoms with Crippen molar-refractivity contribution in [1.82, 2.24) is 4.90 Å². The quantitative estimate of drug-likeness (QED) is 0.162. The minimum atomic E-state index is -1.12. The highest BCUT2D eigenvalue weighted by atomic mass is 32.2. The van der Waals surface area contributed by atoms with E-state index in [0.29, 0.717) is 38.0 Å². The summed E-state index contributed by atoms with van der Waals surface area (Å²) in [5, 5.41) is -0.0258. The van der Waals surface area contributed by atoms with Gasteiger partial charge in [0.25, 0.3) is 5.24 Å². The first-order valence-corrected chi connectivity index (χ1v) is 15.2. The maximum Gasteiger partial charge on any atom is 0.330 e. The minimum Gasteiger partial charge on any atom is -0.497 e. The van der Waals surface area contributed by atoms with Crippen molar-refractivity contribution in [3.05, 3.63) is 41.5 Å². The van der Waals surface area contributed by atoms with E-state index in [9.17, 15) is 9.59 Å². The molecule has 0 aliphatic carbocycles. The van der Waals surface area contributed by atoms with Gasteiger partial charge in [0.2, 0.25) is 0 Å². The molecule has 2 aliphatic heterocycles. The number of allylic oxidation sites excluding steroid dienone is 1. The molecule has 5 atom stereocenters. The van der Waals surface area contributed by atoms with E-state index >= 15 is 0 Å². The summed E-state index contributed by atoms with van der Waals surface area (Å²) >= 11 is 1.26. The monoisotopic (exact) mass is 581 g/mol. The Kier molecular flexibility index (Phi) is 12.7. The Labute approximate surface area is 249 Å². The molecule has 0 saturated carbocycles. The molecule has 7 nitrogen and oxygen atoms in total. The maximum absolute atomic E-state index is 13.1. The van der Waals surface area contributed by atoms with Gasteiger partial charge in [-0.2, -0.15) is 0 Å². The van der Waals surface area contributed by atoms with Crippen molar-refractivity contribution >= 4 is 23.0 Å². The molecular weight excluding hydrogens is 538 g/mol. The van der Waals surface area contributed by atoms with Crippen LogP contribution in [0.4, 0.5) is 4.79 Å². The molecule has 2 saturated heterocycles. The highest BCUT2D eigenvalue weighted by Crippen LogP contribution is 2.43. The van der Waals surface area contributed by atoms with Crippen molar-refractivity contribution in [2.24, 2.45) is 5.92 Å². The molecule has 3 rings (SSSR count). The van der Waals surface area contributed by atoms with Crippen LogP contribution in [0.25, 0.3) is 0 Å². The fourth-order valence-electron chi connectivity index (χ4n) is 5.35. The second kappa shape index (κ2) is 15.9. The molecule has 2 aliphatic rings. The molecule has 0 spiro atoms. The van der Waals surface area contributed by atoms with Gasteiger partial charge in [-0.05, 0) is 57.7 Å². The van der Waals surface area contributed by atoms with E-state index < -0.39 is 11.9 Å². The molecule has 0 aromatic heterocycles. The average Bonchev–Trinajstić information content (AvgIpc) is 3.32. The van der Waals surface area contributed by atoms with Gasteiger partial charge < -0.3 is 23.8 Å². The zero-order valence-electron chi connectivity index (χ0n) is 25.2. The summed E-state index contributed by atoms with van der Waals surface area (Å²) in [5.74, 6) is 12.1. The standard InChI is InChI=1S/C33H43NO6S/c1-7-9-10-12-25(4)19-31(35)39-29-20-28(16-13-24(3)11-8-2)40-33(21-29,38-6)30-23-41-32(36)34(30)22-26-14-17-27(37-5)18-15-26/h14-15,17-19,24,28-30H,10,12-13,16,20-23H2,1-6H3/b25-19-/t24-,28-,29-,30+,33-/m1/s1. The van der Waals surface area contributed by atoms with Crippen molar-refractivity contribution in [2.75, 3.05) is 20.0 Å². The predicted molar refractivity (Wildman–Crippen MR) is 162 cm³/mol. The first-order chi connectivity index (χ1) is 19.7. The number of thioether (sulfide) groups is 1. The summed E-state index contributed by atoms with van der Waals surface area (Å²) in [6.45, 7) is 8.07. The van der Waals surface area contributed by atoms with Crippen molar-refractivity contribution in [2.45, 2.75) is 96.8 Å². The Morgan fingerprint density at radius 2 is 2.00 bits per heavy atom. The number of carbonyl (C=O) groups is 2. The molecule has 0 radical (unpaired) electrons. The first-order valence-electron chi connectivity index (χ1n) is 14.2. The molecular formula is C33H43NO6S. The molecule has 8 heteroatoms. The summed E-state index contributed by atoms with van der Waals surface area (Å²) < 4.78 is 24.2. The highest BCUT2D eigenvalue weighted by molar-refractivity contribution is 8.13. The summed E-state index contributed by atoms with van der Waals surface area (Å²) in [6.07, 6.45) is 4.82. The fourth-order valence-corrected chi connectivity index (χ4v) is 6.44. The van der Waals surface area contributed by atoms with Gasteiger partial charge in [0.15, 0.2) is 5.79 Å². The van der Waals surface area contributed by atoms with Crippen LogP contribution >= 0.6 is 11.8 Å². The second-order valence-corrected chi connectivity index (χ2v) is 11.6. The Morgan fingerprint density at radius 1 is 1.24 bits per heavy atom. The average molecular weight is 582 g/mol. The van der Waals surface area contributed by atoms with Crippen molar-refractivity contribution in [1.29, 1.82) is 0 Å². The molecule has 2 heterocycles. The van der Waals surface area contributed by atoms with E-state index in [1.807, 2.05) is 43.0 Å². The lowest BCUT2D eigenvalue weighted by Crippen LogP contribution is -2.60. The number of ether oxygens (including phenoxy) is 4. The third kappa shape index (κ3) is 9.30. The lowest BCUT2D eigenvalue weighted by molar-refractivity contribution is -0.305. The molecule has 222 valence electrons. The number of hydrogen-bond acceptors (Lipinski definition) is 7. The van der Waals surface area contributed by atoms with Gasteiger partial charge in [0.1, 0.15) is 11.9 Å². The maximum atomic E-state index is 13.1. The van der Waals surface area contributed by atoms with Crippen LogP contribution in [0.2, 0.25) is 0 Å². The third-order valence-electron chi connectivity index (χ3n) is 7.53. The van der Waals surface area contributed by atoms with E-state index in [4.69, 9.17) is 18.9 Å². The van der Waals surface area contributed by atoms with Gasteiger partial charge in [0, 0.05) is 50.7 Å². The zero-order chi connectivity index (χ0) is 29.8. The number of nitrogens with zero attached hydrogens (tertiary/aromatic N) is 1. The van der Waals surface area contributed by atoms with Crippen LogP contribution in [0.3, 0.4) is 0 Å². The number of amides is 1. The number of methoxy groups -OCH3 is 2. The lowest BCUT2D eigenvalue weighted by Gasteiger charge is -2.48. The van der Waals surface area contributed by atoms with Gasteiger partial charge in [-0.1, -0.05) is 36.4 Å². The molecule has 41 heavy (non-hydrogen) atoms. The number of benzene rings is 1. The Hall–Kier alpha value is -2.91. The topological polar surface area (TPSA) is 74.3 Å². The number of hydrogen-bond donors (Lipinski definition) is 0. The van der Waals surface area contributed by atoms with E-state index in [0.717, 1.165) is 29.7 Å². The molecule has 0 N–H and O–H groups in total. The Morgan fingerprint density at radius 3 is 2.66 bits per heavy atom. The third-order valence-corrected chi connectivity index (χ3v) is 8.49. The van der Waals surface area contributed by atoms with Crippen LogP contribution in [-0.4, -0.2) is 60.1 Å². The van der Waals surface area contributed by atoms with Crippen molar-refractivity contribution in [3.63, 3.8) is 0 Å². The minimum absolute atomic E-state index is 0.0258. The normalized spacial score (nSPS) is 25.0. The van der Waals surface area contributed by atoms with Crippen LogP contribution in [-0.2, 0) is 25.5 Å². The Balaban J connectivity index is 1.83. The van der Waals surface area contributed by atoms with Gasteiger partial charge in [-0.25, -0.2) is 4.79 Å². The van der Waals surface area contributed by atoms with Crippen molar-refractivity contribution in [3.8, 4) is 29.4 Å². The van der Waals surface area contributed by atoms with Crippen LogP contribution in [0.5, 0.6) is 5.75 Å². The predicted octanol–water partition coefficient (Wildman–Crippen LogP) is 6.36. The van der Waals surface area contributed by atoms with E-state index in [2.05, 4.69) is 30.6 Å². The zero-order valence-corrected chi connectivity index (χ0v) is 26.0. The number of esters is 1. The molecule has 0 unspecified atom stereocenters. The molecule has 2 fully saturated rings. The highest BCUT2D eigenvalue weighted by Gasteiger charge is 2.54. The van der Waals surface area contributed by atoms with Crippen LogP contribution in [0, 0.1) is 29.6 Å². The molecule has 1 amide bonds. The SMILES string of the molecule is CC#CCC/C(C)=C\C(=O)O[C@@H]1C[C@@H](CC[C@H](C)C#CC)O[C@@](OC)([C@@H]2CSC(=O)N2Cc2ccc(OC)cc2)C1. The largest absolute Gasteiger partial charge is 0.497 e. The number of rotatable bonds is 12. The molecule has 1 aromatic carbocycles. The van der Waals surface area contributed by atoms with E-state index in [1.165, 1.54) is 11.8 Å². The van der Waals surface area contributed by atoms with E-state index in [-0.39, 0.29) is 29.3 Å². The van der Waals surface area contributed by atoms with Gasteiger partial charge in [0.05, 0.1) is 19.3 Å². The second-order valence-electron chi connectivity index (χ2n) is 10.6. The number of carbonyl (C=O) groups excluding carboxylic acids is 2. The summed E-state index contributed by atoms with van der Waals surface area (Å²) in [6, 6.07) is 7.33. The van der Waals surface area contributed by atoms with E-state index in [1.54, 1.807) is 27.2 Å². The molecule has 1 aromatic rings. The summed E-state index contributed by atoms with van der Waals surface area (Å²) in [5.41, 5.74) is 1.91. The van der Waals surface area contributed by atoms with Gasteiger partial charge in [-0.15, -0.1) is 23.7 Å². The van der Waals surface area contributed by atoms with Crippen LogP contribution in [0.15, 0.2) is 35.9 Å².